The number of ether oxygens (including phenoxy) is 2. The molecule has 0 saturated heterocycles. The van der Waals surface area contributed by atoms with E-state index in [-0.39, 0.29) is 12.7 Å². The Hall–Kier alpha value is -2.49. The van der Waals surface area contributed by atoms with Crippen molar-refractivity contribution >= 4 is 5.91 Å². The normalized spacial score (nSPS) is 14.7. The van der Waals surface area contributed by atoms with Crippen LogP contribution in [-0.2, 0) is 19.4 Å². The van der Waals surface area contributed by atoms with Gasteiger partial charge < -0.3 is 14.8 Å². The molecule has 112 valence electrons. The Balaban J connectivity index is 1.44. The van der Waals surface area contributed by atoms with E-state index >= 15 is 0 Å². The maximum absolute atomic E-state index is 12.3. The number of fused-ring (bicyclic) bond motifs is 2. The molecule has 4 heteroatoms. The lowest BCUT2D eigenvalue weighted by atomic mass is 10.1. The standard InChI is InChI=1S/C18H17NO3/c20-18(15-6-5-13-2-1-3-14(13)9-15)19-10-12-4-7-16-17(8-12)22-11-21-16/h4-9H,1-3,10-11H2,(H,19,20). The minimum absolute atomic E-state index is 0.0348. The highest BCUT2D eigenvalue weighted by Crippen LogP contribution is 2.32. The number of carbonyl (C=O) groups is 1. The van der Waals surface area contributed by atoms with Crippen LogP contribution in [0.5, 0.6) is 11.5 Å². The van der Waals surface area contributed by atoms with E-state index in [0.29, 0.717) is 6.54 Å². The van der Waals surface area contributed by atoms with Crippen molar-refractivity contribution < 1.29 is 14.3 Å². The highest BCUT2D eigenvalue weighted by molar-refractivity contribution is 5.94. The van der Waals surface area contributed by atoms with Gasteiger partial charge in [-0.15, -0.1) is 0 Å². The molecular formula is C18H17NO3. The van der Waals surface area contributed by atoms with E-state index in [4.69, 9.17) is 9.47 Å². The number of carbonyl (C=O) groups excluding carboxylic acids is 1. The zero-order valence-corrected chi connectivity index (χ0v) is 12.2. The van der Waals surface area contributed by atoms with E-state index in [1.165, 1.54) is 17.5 Å². The van der Waals surface area contributed by atoms with E-state index in [2.05, 4.69) is 11.4 Å². The molecule has 2 aromatic carbocycles. The molecule has 4 nitrogen and oxygen atoms in total. The van der Waals surface area contributed by atoms with Crippen LogP contribution in [0.15, 0.2) is 36.4 Å². The Morgan fingerprint density at radius 1 is 1.00 bits per heavy atom. The molecular weight excluding hydrogens is 278 g/mol. The molecule has 0 bridgehead atoms. The predicted octanol–water partition coefficient (Wildman–Crippen LogP) is 2.83. The van der Waals surface area contributed by atoms with Crippen molar-refractivity contribution in [3.05, 3.63) is 58.7 Å². The number of benzene rings is 2. The highest BCUT2D eigenvalue weighted by atomic mass is 16.7. The van der Waals surface area contributed by atoms with Crippen LogP contribution in [0.3, 0.4) is 0 Å². The second kappa shape index (κ2) is 5.37. The van der Waals surface area contributed by atoms with Crippen LogP contribution >= 0.6 is 0 Å². The molecule has 0 spiro atoms. The van der Waals surface area contributed by atoms with E-state index in [1.54, 1.807) is 0 Å². The molecule has 22 heavy (non-hydrogen) atoms. The van der Waals surface area contributed by atoms with Gasteiger partial charge in [-0.05, 0) is 60.2 Å². The molecule has 4 rings (SSSR count). The summed E-state index contributed by atoms with van der Waals surface area (Å²) in [6, 6.07) is 11.7. The molecule has 0 radical (unpaired) electrons. The van der Waals surface area contributed by atoms with Crippen molar-refractivity contribution in [3.63, 3.8) is 0 Å². The van der Waals surface area contributed by atoms with Crippen molar-refractivity contribution in [3.8, 4) is 11.5 Å². The second-order valence-corrected chi connectivity index (χ2v) is 5.71. The first-order valence-electron chi connectivity index (χ1n) is 7.58. The SMILES string of the molecule is O=C(NCc1ccc2c(c1)OCO2)c1ccc2c(c1)CCC2. The Morgan fingerprint density at radius 2 is 1.86 bits per heavy atom. The molecule has 1 aliphatic heterocycles. The number of rotatable bonds is 3. The summed E-state index contributed by atoms with van der Waals surface area (Å²) < 4.78 is 10.6. The topological polar surface area (TPSA) is 47.6 Å². The maximum atomic E-state index is 12.3. The number of aryl methyl sites for hydroxylation is 2. The number of amides is 1. The molecule has 1 amide bonds. The van der Waals surface area contributed by atoms with Crippen molar-refractivity contribution in [1.29, 1.82) is 0 Å². The van der Waals surface area contributed by atoms with Gasteiger partial charge >= 0.3 is 0 Å². The molecule has 0 aromatic heterocycles. The largest absolute Gasteiger partial charge is 0.454 e. The van der Waals surface area contributed by atoms with Crippen LogP contribution in [0.1, 0.15) is 33.5 Å². The number of nitrogens with one attached hydrogen (secondary N) is 1. The van der Waals surface area contributed by atoms with Gasteiger partial charge in [0.2, 0.25) is 6.79 Å². The van der Waals surface area contributed by atoms with Crippen molar-refractivity contribution in [1.82, 2.24) is 5.32 Å². The molecule has 1 heterocycles. The van der Waals surface area contributed by atoms with Gasteiger partial charge in [-0.2, -0.15) is 0 Å². The van der Waals surface area contributed by atoms with Crippen molar-refractivity contribution in [2.24, 2.45) is 0 Å². The predicted molar refractivity (Wildman–Crippen MR) is 82.2 cm³/mol. The Labute approximate surface area is 129 Å². The van der Waals surface area contributed by atoms with Crippen LogP contribution in [0.2, 0.25) is 0 Å². The summed E-state index contributed by atoms with van der Waals surface area (Å²) in [5.41, 5.74) is 4.43. The smallest absolute Gasteiger partial charge is 0.251 e. The zero-order chi connectivity index (χ0) is 14.9. The lowest BCUT2D eigenvalue weighted by Gasteiger charge is -2.08. The van der Waals surface area contributed by atoms with Crippen molar-refractivity contribution in [2.75, 3.05) is 6.79 Å². The van der Waals surface area contributed by atoms with Crippen molar-refractivity contribution in [2.45, 2.75) is 25.8 Å². The third kappa shape index (κ3) is 2.41. The van der Waals surface area contributed by atoms with E-state index in [9.17, 15) is 4.79 Å². The maximum Gasteiger partial charge on any atom is 0.251 e. The fraction of sp³-hybridized carbons (Fsp3) is 0.278. The Kier molecular flexibility index (Phi) is 3.22. The summed E-state index contributed by atoms with van der Waals surface area (Å²) in [7, 11) is 0. The van der Waals surface area contributed by atoms with Gasteiger partial charge in [0.15, 0.2) is 11.5 Å². The van der Waals surface area contributed by atoms with Gasteiger partial charge in [0.25, 0.3) is 5.91 Å². The molecule has 2 aromatic rings. The molecule has 0 fully saturated rings. The van der Waals surface area contributed by atoms with E-state index in [0.717, 1.165) is 35.5 Å². The average molecular weight is 295 g/mol. The summed E-state index contributed by atoms with van der Waals surface area (Å²) in [5.74, 6) is 1.46. The molecule has 1 aliphatic carbocycles. The van der Waals surface area contributed by atoms with E-state index < -0.39 is 0 Å². The lowest BCUT2D eigenvalue weighted by molar-refractivity contribution is 0.0950. The first-order chi connectivity index (χ1) is 10.8. The van der Waals surface area contributed by atoms with Crippen LogP contribution < -0.4 is 14.8 Å². The number of hydrogen-bond acceptors (Lipinski definition) is 3. The van der Waals surface area contributed by atoms with Gasteiger partial charge in [-0.25, -0.2) is 0 Å². The zero-order valence-electron chi connectivity index (χ0n) is 12.2. The summed E-state index contributed by atoms with van der Waals surface area (Å²) in [5, 5.41) is 2.96. The molecule has 0 unspecified atom stereocenters. The minimum Gasteiger partial charge on any atom is -0.454 e. The van der Waals surface area contributed by atoms with Gasteiger partial charge in [0, 0.05) is 12.1 Å². The highest BCUT2D eigenvalue weighted by Gasteiger charge is 2.15. The van der Waals surface area contributed by atoms with Crippen LogP contribution in [-0.4, -0.2) is 12.7 Å². The average Bonchev–Trinajstić information content (AvgIpc) is 3.19. The van der Waals surface area contributed by atoms with Gasteiger partial charge in [-0.1, -0.05) is 12.1 Å². The minimum atomic E-state index is -0.0348. The molecule has 2 aliphatic rings. The summed E-state index contributed by atoms with van der Waals surface area (Å²) in [4.78, 5) is 12.3. The van der Waals surface area contributed by atoms with Gasteiger partial charge in [0.05, 0.1) is 0 Å². The first kappa shape index (κ1) is 13.2. The third-order valence-electron chi connectivity index (χ3n) is 4.25. The quantitative estimate of drug-likeness (QED) is 0.947. The number of hydrogen-bond donors (Lipinski definition) is 1. The van der Waals surface area contributed by atoms with Gasteiger partial charge in [-0.3, -0.25) is 4.79 Å². The molecule has 1 N–H and O–H groups in total. The first-order valence-corrected chi connectivity index (χ1v) is 7.58. The lowest BCUT2D eigenvalue weighted by Crippen LogP contribution is -2.22. The van der Waals surface area contributed by atoms with Crippen LogP contribution in [0.4, 0.5) is 0 Å². The monoisotopic (exact) mass is 295 g/mol. The van der Waals surface area contributed by atoms with Gasteiger partial charge in [0.1, 0.15) is 0 Å². The molecule has 0 saturated carbocycles. The van der Waals surface area contributed by atoms with Crippen LogP contribution in [0, 0.1) is 0 Å². The summed E-state index contributed by atoms with van der Waals surface area (Å²) >= 11 is 0. The summed E-state index contributed by atoms with van der Waals surface area (Å²) in [6.45, 7) is 0.743. The summed E-state index contributed by atoms with van der Waals surface area (Å²) in [6.07, 6.45) is 3.41. The fourth-order valence-corrected chi connectivity index (χ4v) is 3.05. The second-order valence-electron chi connectivity index (χ2n) is 5.71. The van der Waals surface area contributed by atoms with Crippen LogP contribution in [0.25, 0.3) is 0 Å². The third-order valence-corrected chi connectivity index (χ3v) is 4.25. The Morgan fingerprint density at radius 3 is 2.82 bits per heavy atom. The Bertz CT molecular complexity index is 739. The molecule has 0 atom stereocenters. The fourth-order valence-electron chi connectivity index (χ4n) is 3.05. The van der Waals surface area contributed by atoms with E-state index in [1.807, 2.05) is 30.3 Å².